The molecule has 8 nitrogen and oxygen atoms in total. The second-order valence-electron chi connectivity index (χ2n) is 9.05. The molecule has 2 aromatic carbocycles. The number of alkyl halides is 3. The third kappa shape index (κ3) is 7.21. The van der Waals surface area contributed by atoms with E-state index in [9.17, 15) is 18.0 Å². The van der Waals surface area contributed by atoms with Gasteiger partial charge < -0.3 is 20.7 Å². The number of nitrogens with one attached hydrogen (secondary N) is 3. The zero-order valence-electron chi connectivity index (χ0n) is 22.3. The number of nitrogens with zero attached hydrogens (tertiary/aromatic N) is 3. The van der Waals surface area contributed by atoms with E-state index in [0.717, 1.165) is 40.7 Å². The Bertz CT molecular complexity index is 1640. The number of amides is 2. The summed E-state index contributed by atoms with van der Waals surface area (Å²) in [5, 5.41) is 9.40. The first kappa shape index (κ1) is 28.6. The van der Waals surface area contributed by atoms with Crippen molar-refractivity contribution < 1.29 is 22.7 Å². The minimum atomic E-state index is -4.54. The van der Waals surface area contributed by atoms with Crippen LogP contribution in [0.3, 0.4) is 0 Å². The van der Waals surface area contributed by atoms with Gasteiger partial charge in [0.2, 0.25) is 5.88 Å². The van der Waals surface area contributed by atoms with Crippen molar-refractivity contribution in [1.82, 2.24) is 15.0 Å². The number of anilines is 3. The van der Waals surface area contributed by atoms with E-state index in [-0.39, 0.29) is 11.3 Å². The molecule has 0 fully saturated rings. The molecule has 0 saturated heterocycles. The van der Waals surface area contributed by atoms with E-state index in [1.165, 1.54) is 24.7 Å². The summed E-state index contributed by atoms with van der Waals surface area (Å²) in [4.78, 5) is 26.3. The molecule has 12 heteroatoms. The molecular weight excluding hydrogens is 565 g/mol. The number of carbonyl (C=O) groups is 1. The fraction of sp³-hybridized carbons (Fsp3) is 0.133. The van der Waals surface area contributed by atoms with Gasteiger partial charge in [0.25, 0.3) is 0 Å². The molecule has 5 rings (SSSR count). The quantitative estimate of drug-likeness (QED) is 0.159. The smallest absolute Gasteiger partial charge is 0.416 e. The van der Waals surface area contributed by atoms with Crippen LogP contribution in [0.5, 0.6) is 11.6 Å². The van der Waals surface area contributed by atoms with E-state index in [1.807, 2.05) is 30.5 Å². The van der Waals surface area contributed by atoms with E-state index in [2.05, 4.69) is 37.8 Å². The Morgan fingerprint density at radius 1 is 0.929 bits per heavy atom. The zero-order valence-corrected chi connectivity index (χ0v) is 23.1. The first-order valence-corrected chi connectivity index (χ1v) is 13.7. The van der Waals surface area contributed by atoms with Gasteiger partial charge in [-0.25, -0.2) is 14.8 Å². The van der Waals surface area contributed by atoms with Gasteiger partial charge in [-0.1, -0.05) is 24.3 Å². The number of ether oxygens (including phenoxy) is 1. The van der Waals surface area contributed by atoms with Gasteiger partial charge in [-0.15, -0.1) is 0 Å². The third-order valence-electron chi connectivity index (χ3n) is 5.96. The number of thiazole rings is 1. The summed E-state index contributed by atoms with van der Waals surface area (Å²) in [5.41, 5.74) is 1.35. The first-order chi connectivity index (χ1) is 20.3. The second kappa shape index (κ2) is 12.7. The van der Waals surface area contributed by atoms with Crippen molar-refractivity contribution in [1.29, 1.82) is 0 Å². The molecule has 0 unspecified atom stereocenters. The average Bonchev–Trinajstić information content (AvgIpc) is 3.46. The van der Waals surface area contributed by atoms with Gasteiger partial charge >= 0.3 is 12.2 Å². The van der Waals surface area contributed by atoms with Crippen molar-refractivity contribution in [2.45, 2.75) is 19.5 Å². The van der Waals surface area contributed by atoms with Crippen molar-refractivity contribution in [2.75, 3.05) is 22.5 Å². The number of aromatic nitrogens is 3. The lowest BCUT2D eigenvalue weighted by Gasteiger charge is -2.15. The van der Waals surface area contributed by atoms with Crippen molar-refractivity contribution in [3.8, 4) is 33.2 Å². The molecule has 0 aliphatic heterocycles. The van der Waals surface area contributed by atoms with Crippen LogP contribution >= 0.6 is 11.3 Å². The molecule has 0 radical (unpaired) electrons. The number of hydrogen-bond donors (Lipinski definition) is 3. The maximum Gasteiger partial charge on any atom is 0.416 e. The Labute approximate surface area is 243 Å². The minimum absolute atomic E-state index is 0.185. The van der Waals surface area contributed by atoms with Gasteiger partial charge in [0.15, 0.2) is 5.13 Å². The fourth-order valence-corrected chi connectivity index (χ4v) is 4.77. The highest BCUT2D eigenvalue weighted by Crippen LogP contribution is 2.36. The highest BCUT2D eigenvalue weighted by atomic mass is 32.1. The van der Waals surface area contributed by atoms with Crippen LogP contribution in [-0.4, -0.2) is 27.5 Å². The van der Waals surface area contributed by atoms with Crippen LogP contribution in [0, 0.1) is 0 Å². The van der Waals surface area contributed by atoms with E-state index in [1.54, 1.807) is 35.6 Å². The van der Waals surface area contributed by atoms with E-state index in [0.29, 0.717) is 22.9 Å². The molecule has 214 valence electrons. The molecule has 42 heavy (non-hydrogen) atoms. The maximum absolute atomic E-state index is 13.3. The molecule has 3 heterocycles. The second-order valence-corrected chi connectivity index (χ2v) is 10.1. The van der Waals surface area contributed by atoms with Crippen molar-refractivity contribution in [3.05, 3.63) is 97.1 Å². The molecule has 0 aliphatic carbocycles. The molecule has 0 bridgehead atoms. The predicted octanol–water partition coefficient (Wildman–Crippen LogP) is 8.54. The Morgan fingerprint density at radius 3 is 2.45 bits per heavy atom. The van der Waals surface area contributed by atoms with E-state index in [4.69, 9.17) is 4.74 Å². The van der Waals surface area contributed by atoms with Gasteiger partial charge in [0.05, 0.1) is 28.0 Å². The standard InChI is InChI=1S/C30H25F3N6O2S/c1-2-13-35-29-37-18-26(42-29)19-5-9-23(10-6-19)41-27-12-8-22(17-36-27)38-28(40)39-25-11-7-21(30(31,32)33)15-24(25)20-4-3-14-34-16-20/h3-12,14-18H,2,13H2,1H3,(H,35,37)(H2,38,39,40). The molecule has 0 saturated carbocycles. The van der Waals surface area contributed by atoms with Crippen LogP contribution in [0.25, 0.3) is 21.6 Å². The summed E-state index contributed by atoms with van der Waals surface area (Å²) in [6.07, 6.45) is 2.67. The van der Waals surface area contributed by atoms with Crippen LogP contribution in [-0.2, 0) is 6.18 Å². The van der Waals surface area contributed by atoms with Crippen LogP contribution in [0.15, 0.2) is 91.5 Å². The monoisotopic (exact) mass is 590 g/mol. The molecule has 3 N–H and O–H groups in total. The van der Waals surface area contributed by atoms with Gasteiger partial charge in [-0.3, -0.25) is 4.98 Å². The van der Waals surface area contributed by atoms with Gasteiger partial charge in [-0.2, -0.15) is 13.2 Å². The molecule has 0 spiro atoms. The zero-order chi connectivity index (χ0) is 29.5. The molecular formula is C30H25F3N6O2S. The van der Waals surface area contributed by atoms with Crippen molar-refractivity contribution >= 4 is 33.9 Å². The molecule has 3 aromatic heterocycles. The first-order valence-electron chi connectivity index (χ1n) is 12.9. The van der Waals surface area contributed by atoms with Gasteiger partial charge in [0, 0.05) is 42.3 Å². The third-order valence-corrected chi connectivity index (χ3v) is 6.96. The summed E-state index contributed by atoms with van der Waals surface area (Å²) in [7, 11) is 0. The largest absolute Gasteiger partial charge is 0.439 e. The highest BCUT2D eigenvalue weighted by Gasteiger charge is 2.31. The highest BCUT2D eigenvalue weighted by molar-refractivity contribution is 7.18. The van der Waals surface area contributed by atoms with E-state index < -0.39 is 17.8 Å². The number of urea groups is 1. The summed E-state index contributed by atoms with van der Waals surface area (Å²) in [5.74, 6) is 0.905. The lowest BCUT2D eigenvalue weighted by molar-refractivity contribution is -0.137. The Hall–Kier alpha value is -4.97. The Balaban J connectivity index is 1.21. The predicted molar refractivity (Wildman–Crippen MR) is 158 cm³/mol. The maximum atomic E-state index is 13.3. The van der Waals surface area contributed by atoms with E-state index >= 15 is 0 Å². The topological polar surface area (TPSA) is 101 Å². The average molecular weight is 591 g/mol. The Kier molecular flexibility index (Phi) is 8.63. The normalized spacial score (nSPS) is 11.1. The van der Waals surface area contributed by atoms with Crippen molar-refractivity contribution in [3.63, 3.8) is 0 Å². The molecule has 0 atom stereocenters. The lowest BCUT2D eigenvalue weighted by Crippen LogP contribution is -2.20. The minimum Gasteiger partial charge on any atom is -0.439 e. The molecule has 0 aliphatic rings. The number of carbonyl (C=O) groups excluding carboxylic acids is 1. The van der Waals surface area contributed by atoms with Gasteiger partial charge in [0.1, 0.15) is 5.75 Å². The summed E-state index contributed by atoms with van der Waals surface area (Å²) in [6.45, 7) is 2.97. The lowest BCUT2D eigenvalue weighted by atomic mass is 10.0. The fourth-order valence-electron chi connectivity index (χ4n) is 3.92. The molecule has 2 amide bonds. The number of benzene rings is 2. The van der Waals surface area contributed by atoms with Crippen molar-refractivity contribution in [2.24, 2.45) is 0 Å². The SMILES string of the molecule is CCCNc1ncc(-c2ccc(Oc3ccc(NC(=O)Nc4ccc(C(F)(F)F)cc4-c4cccnc4)cn3)cc2)s1. The van der Waals surface area contributed by atoms with Gasteiger partial charge in [-0.05, 0) is 66.6 Å². The van der Waals surface area contributed by atoms with Crippen LogP contribution in [0.1, 0.15) is 18.9 Å². The number of halogens is 3. The molecule has 5 aromatic rings. The summed E-state index contributed by atoms with van der Waals surface area (Å²) >= 11 is 1.58. The number of hydrogen-bond acceptors (Lipinski definition) is 7. The van der Waals surface area contributed by atoms with Crippen LogP contribution < -0.4 is 20.7 Å². The Morgan fingerprint density at radius 2 is 1.76 bits per heavy atom. The summed E-state index contributed by atoms with van der Waals surface area (Å²) < 4.78 is 45.8. The van der Waals surface area contributed by atoms with Crippen LogP contribution in [0.2, 0.25) is 0 Å². The number of rotatable bonds is 9. The van der Waals surface area contributed by atoms with Crippen LogP contribution in [0.4, 0.5) is 34.5 Å². The summed E-state index contributed by atoms with van der Waals surface area (Å²) in [6, 6.07) is 16.4. The number of pyridine rings is 2.